The summed E-state index contributed by atoms with van der Waals surface area (Å²) in [7, 11) is 0. The molecule has 7 heteroatoms. The maximum Gasteiger partial charge on any atom is 0.326 e. The van der Waals surface area contributed by atoms with Crippen LogP contribution in [0.5, 0.6) is 11.5 Å². The molecular formula is C22H16N4O3. The minimum absolute atomic E-state index is 0.194. The highest BCUT2D eigenvalue weighted by Gasteiger charge is 2.14. The second-order valence-corrected chi connectivity index (χ2v) is 6.10. The molecule has 0 aliphatic carbocycles. The zero-order valence-corrected chi connectivity index (χ0v) is 15.2. The van der Waals surface area contributed by atoms with Gasteiger partial charge in [-0.3, -0.25) is 20.1 Å². The molecule has 2 heterocycles. The lowest BCUT2D eigenvalue weighted by molar-refractivity contribution is 0.0964. The smallest absolute Gasteiger partial charge is 0.326 e. The number of carbonyl (C=O) groups excluding carboxylic acids is 2. The van der Waals surface area contributed by atoms with Crippen molar-refractivity contribution in [2.75, 3.05) is 5.32 Å². The number of imide groups is 1. The maximum atomic E-state index is 12.5. The molecule has 0 radical (unpaired) electrons. The van der Waals surface area contributed by atoms with Crippen LogP contribution in [0.1, 0.15) is 10.5 Å². The van der Waals surface area contributed by atoms with Crippen molar-refractivity contribution in [3.8, 4) is 11.5 Å². The summed E-state index contributed by atoms with van der Waals surface area (Å²) in [5.41, 5.74) is 0.711. The lowest BCUT2D eigenvalue weighted by Crippen LogP contribution is -2.34. The van der Waals surface area contributed by atoms with Gasteiger partial charge in [0.15, 0.2) is 0 Å². The number of nitrogens with zero attached hydrogens (tertiary/aromatic N) is 2. The van der Waals surface area contributed by atoms with Gasteiger partial charge in [0.2, 0.25) is 0 Å². The molecule has 0 bridgehead atoms. The molecule has 0 aliphatic rings. The van der Waals surface area contributed by atoms with Gasteiger partial charge in [0.05, 0.1) is 0 Å². The number of hydrogen-bond acceptors (Lipinski definition) is 5. The molecule has 0 saturated carbocycles. The number of aromatic nitrogens is 2. The number of hydrogen-bond donors (Lipinski definition) is 2. The first kappa shape index (κ1) is 18.1. The summed E-state index contributed by atoms with van der Waals surface area (Å²) >= 11 is 0. The van der Waals surface area contributed by atoms with Gasteiger partial charge in [0, 0.05) is 29.7 Å². The summed E-state index contributed by atoms with van der Waals surface area (Å²) in [6, 6.07) is 18.8. The molecule has 3 amide bonds. The van der Waals surface area contributed by atoms with Crippen LogP contribution in [0.2, 0.25) is 0 Å². The van der Waals surface area contributed by atoms with Crippen molar-refractivity contribution < 1.29 is 14.3 Å². The van der Waals surface area contributed by atoms with Gasteiger partial charge < -0.3 is 10.1 Å². The summed E-state index contributed by atoms with van der Waals surface area (Å²) < 4.78 is 5.67. The molecule has 0 fully saturated rings. The van der Waals surface area contributed by atoms with Crippen LogP contribution in [-0.2, 0) is 0 Å². The lowest BCUT2D eigenvalue weighted by atomic mass is 10.1. The summed E-state index contributed by atoms with van der Waals surface area (Å²) in [6.07, 6.45) is 4.81. The predicted octanol–water partition coefficient (Wildman–Crippen LogP) is 4.38. The molecule has 29 heavy (non-hydrogen) atoms. The molecule has 0 atom stereocenters. The zero-order valence-electron chi connectivity index (χ0n) is 15.2. The van der Waals surface area contributed by atoms with E-state index in [0.717, 1.165) is 5.39 Å². The van der Waals surface area contributed by atoms with Crippen LogP contribution in [0, 0.1) is 0 Å². The summed E-state index contributed by atoms with van der Waals surface area (Å²) in [5, 5.41) is 6.47. The molecule has 142 valence electrons. The van der Waals surface area contributed by atoms with E-state index in [9.17, 15) is 9.59 Å². The molecule has 2 N–H and O–H groups in total. The third-order valence-corrected chi connectivity index (χ3v) is 4.11. The van der Waals surface area contributed by atoms with Crippen molar-refractivity contribution in [3.63, 3.8) is 0 Å². The molecule has 2 aromatic heterocycles. The number of ether oxygens (including phenoxy) is 1. The van der Waals surface area contributed by atoms with E-state index in [0.29, 0.717) is 22.6 Å². The van der Waals surface area contributed by atoms with Crippen LogP contribution in [0.3, 0.4) is 0 Å². The van der Waals surface area contributed by atoms with Gasteiger partial charge in [-0.15, -0.1) is 0 Å². The number of urea groups is 1. The van der Waals surface area contributed by atoms with Crippen LogP contribution in [-0.4, -0.2) is 21.9 Å². The standard InChI is InChI=1S/C22H16N4O3/c27-21(20-19-4-2-1-3-15(19)9-14-24-20)26-22(28)25-16-5-7-17(8-6-16)29-18-10-12-23-13-11-18/h1-14H,(H2,25,26,27,28). The first-order chi connectivity index (χ1) is 14.2. The summed E-state index contributed by atoms with van der Waals surface area (Å²) in [5.74, 6) is 0.696. The Labute approximate surface area is 166 Å². The largest absolute Gasteiger partial charge is 0.457 e. The number of nitrogens with one attached hydrogen (secondary N) is 2. The van der Waals surface area contributed by atoms with Crippen molar-refractivity contribution in [2.45, 2.75) is 0 Å². The Hall–Kier alpha value is -4.26. The third kappa shape index (κ3) is 4.36. The van der Waals surface area contributed by atoms with Crippen LogP contribution in [0.25, 0.3) is 10.8 Å². The lowest BCUT2D eigenvalue weighted by Gasteiger charge is -2.09. The number of pyridine rings is 2. The Kier molecular flexibility index (Phi) is 5.11. The fraction of sp³-hybridized carbons (Fsp3) is 0. The van der Waals surface area contributed by atoms with Crippen LogP contribution < -0.4 is 15.4 Å². The molecule has 0 spiro atoms. The van der Waals surface area contributed by atoms with Crippen molar-refractivity contribution in [3.05, 3.63) is 91.0 Å². The fourth-order valence-corrected chi connectivity index (χ4v) is 2.77. The van der Waals surface area contributed by atoms with Crippen molar-refractivity contribution in [1.82, 2.24) is 15.3 Å². The van der Waals surface area contributed by atoms with E-state index in [1.807, 2.05) is 24.3 Å². The third-order valence-electron chi connectivity index (χ3n) is 4.11. The summed E-state index contributed by atoms with van der Waals surface area (Å²) in [4.78, 5) is 32.7. The van der Waals surface area contributed by atoms with Gasteiger partial charge in [-0.25, -0.2) is 4.79 Å². The summed E-state index contributed by atoms with van der Waals surface area (Å²) in [6.45, 7) is 0. The van der Waals surface area contributed by atoms with Gasteiger partial charge in [0.1, 0.15) is 17.2 Å². The quantitative estimate of drug-likeness (QED) is 0.544. The maximum absolute atomic E-state index is 12.5. The predicted molar refractivity (Wildman–Crippen MR) is 109 cm³/mol. The van der Waals surface area contributed by atoms with E-state index in [1.54, 1.807) is 54.9 Å². The molecule has 0 aliphatic heterocycles. The SMILES string of the molecule is O=C(NC(=O)c1nccc2ccccc12)Nc1ccc(Oc2ccncc2)cc1. The van der Waals surface area contributed by atoms with E-state index in [1.165, 1.54) is 6.20 Å². The highest BCUT2D eigenvalue weighted by Crippen LogP contribution is 2.22. The average Bonchev–Trinajstić information content (AvgIpc) is 2.75. The van der Waals surface area contributed by atoms with Gasteiger partial charge in [0.25, 0.3) is 5.91 Å². The molecular weight excluding hydrogens is 368 g/mol. The molecule has 4 aromatic rings. The molecule has 2 aromatic carbocycles. The Balaban J connectivity index is 1.39. The van der Waals surface area contributed by atoms with E-state index in [2.05, 4.69) is 20.6 Å². The normalized spacial score (nSPS) is 10.3. The number of carbonyl (C=O) groups is 2. The number of benzene rings is 2. The molecule has 0 saturated heterocycles. The molecule has 0 unspecified atom stereocenters. The average molecular weight is 384 g/mol. The minimum atomic E-state index is -0.646. The van der Waals surface area contributed by atoms with E-state index in [4.69, 9.17) is 4.74 Å². The first-order valence-corrected chi connectivity index (χ1v) is 8.83. The zero-order chi connectivity index (χ0) is 20.1. The molecule has 7 nitrogen and oxygen atoms in total. The first-order valence-electron chi connectivity index (χ1n) is 8.83. The van der Waals surface area contributed by atoms with E-state index >= 15 is 0 Å². The van der Waals surface area contributed by atoms with Crippen molar-refractivity contribution in [2.24, 2.45) is 0 Å². The Morgan fingerprint density at radius 1 is 0.793 bits per heavy atom. The van der Waals surface area contributed by atoms with Crippen molar-refractivity contribution in [1.29, 1.82) is 0 Å². The monoisotopic (exact) mass is 384 g/mol. The van der Waals surface area contributed by atoms with Crippen LogP contribution >= 0.6 is 0 Å². The Morgan fingerprint density at radius 2 is 1.52 bits per heavy atom. The van der Waals surface area contributed by atoms with E-state index < -0.39 is 11.9 Å². The number of rotatable bonds is 4. The Bertz CT molecular complexity index is 1160. The van der Waals surface area contributed by atoms with Crippen LogP contribution in [0.4, 0.5) is 10.5 Å². The second-order valence-electron chi connectivity index (χ2n) is 6.10. The highest BCUT2D eigenvalue weighted by molar-refractivity contribution is 6.12. The van der Waals surface area contributed by atoms with Crippen LogP contribution in [0.15, 0.2) is 85.3 Å². The second kappa shape index (κ2) is 8.18. The number of amides is 3. The highest BCUT2D eigenvalue weighted by atomic mass is 16.5. The van der Waals surface area contributed by atoms with Crippen molar-refractivity contribution >= 4 is 28.4 Å². The Morgan fingerprint density at radius 3 is 2.31 bits per heavy atom. The van der Waals surface area contributed by atoms with Gasteiger partial charge in [-0.2, -0.15) is 0 Å². The van der Waals surface area contributed by atoms with Gasteiger partial charge >= 0.3 is 6.03 Å². The van der Waals surface area contributed by atoms with E-state index in [-0.39, 0.29) is 5.69 Å². The van der Waals surface area contributed by atoms with Gasteiger partial charge in [-0.1, -0.05) is 24.3 Å². The minimum Gasteiger partial charge on any atom is -0.457 e. The fourth-order valence-electron chi connectivity index (χ4n) is 2.77. The number of fused-ring (bicyclic) bond motifs is 1. The topological polar surface area (TPSA) is 93.2 Å². The number of anilines is 1. The molecule has 4 rings (SSSR count). The van der Waals surface area contributed by atoms with Gasteiger partial charge in [-0.05, 0) is 47.9 Å².